The maximum absolute atomic E-state index is 13.6. The van der Waals surface area contributed by atoms with E-state index in [0.717, 1.165) is 0 Å². The van der Waals surface area contributed by atoms with E-state index in [-0.39, 0.29) is 23.5 Å². The van der Waals surface area contributed by atoms with Gasteiger partial charge in [0, 0.05) is 12.4 Å². The second-order valence-electron chi connectivity index (χ2n) is 3.98. The van der Waals surface area contributed by atoms with Crippen molar-refractivity contribution < 1.29 is 4.39 Å². The van der Waals surface area contributed by atoms with E-state index >= 15 is 0 Å². The minimum absolute atomic E-state index is 0.134. The standard InChI is InChI=1S/C12H11FN8/c13-8-4-1-2-5-9(8)16-10-17-11(20-14)19-12(18-10)21-7-3-6-15-21/h1-7H,14H2,(H2,16,17,18,19,20). The number of nitrogens with two attached hydrogens (primary N) is 1. The SMILES string of the molecule is NNc1nc(Nc2ccccc2F)nc(-n2cccn2)n1. The number of aromatic nitrogens is 5. The van der Waals surface area contributed by atoms with Crippen LogP contribution in [0.5, 0.6) is 0 Å². The Balaban J connectivity index is 1.99. The number of benzene rings is 1. The number of nitrogens with one attached hydrogen (secondary N) is 2. The smallest absolute Gasteiger partial charge is 0.257 e. The minimum atomic E-state index is -0.416. The molecule has 0 aliphatic carbocycles. The molecule has 2 aromatic heterocycles. The first-order valence-electron chi connectivity index (χ1n) is 6.00. The molecule has 3 aromatic rings. The number of nitrogen functional groups attached to an aromatic ring is 1. The molecule has 0 amide bonds. The van der Waals surface area contributed by atoms with E-state index in [9.17, 15) is 4.39 Å². The fourth-order valence-electron chi connectivity index (χ4n) is 1.66. The van der Waals surface area contributed by atoms with Gasteiger partial charge in [0.05, 0.1) is 5.69 Å². The zero-order valence-corrected chi connectivity index (χ0v) is 10.7. The molecule has 0 bridgehead atoms. The largest absolute Gasteiger partial charge is 0.321 e. The average molecular weight is 286 g/mol. The Morgan fingerprint density at radius 2 is 1.86 bits per heavy atom. The summed E-state index contributed by atoms with van der Waals surface area (Å²) in [4.78, 5) is 12.3. The summed E-state index contributed by atoms with van der Waals surface area (Å²) >= 11 is 0. The zero-order valence-electron chi connectivity index (χ0n) is 10.7. The molecule has 0 aliphatic rings. The molecule has 106 valence electrons. The number of anilines is 3. The Kier molecular flexibility index (Phi) is 3.39. The van der Waals surface area contributed by atoms with Crippen LogP contribution in [0.2, 0.25) is 0 Å². The van der Waals surface area contributed by atoms with Crippen molar-refractivity contribution in [2.75, 3.05) is 10.7 Å². The van der Waals surface area contributed by atoms with E-state index in [0.29, 0.717) is 0 Å². The third kappa shape index (κ3) is 2.77. The molecular weight excluding hydrogens is 275 g/mol. The van der Waals surface area contributed by atoms with E-state index in [1.165, 1.54) is 10.7 Å². The summed E-state index contributed by atoms with van der Waals surface area (Å²) in [6.07, 6.45) is 3.26. The normalized spacial score (nSPS) is 10.4. The van der Waals surface area contributed by atoms with Gasteiger partial charge in [-0.05, 0) is 18.2 Å². The molecular formula is C12H11FN8. The lowest BCUT2D eigenvalue weighted by Gasteiger charge is -2.08. The van der Waals surface area contributed by atoms with Crippen LogP contribution >= 0.6 is 0 Å². The summed E-state index contributed by atoms with van der Waals surface area (Å²) in [7, 11) is 0. The number of halogens is 1. The average Bonchev–Trinajstić information content (AvgIpc) is 3.04. The predicted molar refractivity (Wildman–Crippen MR) is 74.4 cm³/mol. The fourth-order valence-corrected chi connectivity index (χ4v) is 1.66. The van der Waals surface area contributed by atoms with Crippen molar-refractivity contribution in [3.05, 3.63) is 48.5 Å². The first kappa shape index (κ1) is 12.9. The van der Waals surface area contributed by atoms with Gasteiger partial charge in [-0.2, -0.15) is 20.1 Å². The summed E-state index contributed by atoms with van der Waals surface area (Å²) < 4.78 is 15.1. The molecule has 2 heterocycles. The van der Waals surface area contributed by atoms with E-state index < -0.39 is 5.82 Å². The number of hydrogen-bond acceptors (Lipinski definition) is 7. The van der Waals surface area contributed by atoms with Crippen molar-refractivity contribution in [2.45, 2.75) is 0 Å². The second-order valence-corrected chi connectivity index (χ2v) is 3.98. The van der Waals surface area contributed by atoms with Crippen molar-refractivity contribution >= 4 is 17.6 Å². The monoisotopic (exact) mass is 286 g/mol. The summed E-state index contributed by atoms with van der Waals surface area (Å²) in [5, 5.41) is 6.80. The molecule has 0 atom stereocenters. The lowest BCUT2D eigenvalue weighted by molar-refractivity contribution is 0.631. The first-order chi connectivity index (χ1) is 10.3. The van der Waals surface area contributed by atoms with Gasteiger partial charge in [0.2, 0.25) is 11.9 Å². The van der Waals surface area contributed by atoms with Crippen molar-refractivity contribution in [1.82, 2.24) is 24.7 Å². The Hall–Kier alpha value is -3.07. The highest BCUT2D eigenvalue weighted by Crippen LogP contribution is 2.18. The summed E-state index contributed by atoms with van der Waals surface area (Å²) in [6, 6.07) is 7.92. The van der Waals surface area contributed by atoms with Crippen LogP contribution in [0.3, 0.4) is 0 Å². The molecule has 9 heteroatoms. The molecule has 1 aromatic carbocycles. The maximum Gasteiger partial charge on any atom is 0.257 e. The highest BCUT2D eigenvalue weighted by Gasteiger charge is 2.09. The molecule has 0 fully saturated rings. The number of hydrazine groups is 1. The van der Waals surface area contributed by atoms with Crippen LogP contribution in [-0.2, 0) is 0 Å². The summed E-state index contributed by atoms with van der Waals surface area (Å²) in [5.74, 6) is 5.45. The molecule has 0 unspecified atom stereocenters. The number of nitrogens with zero attached hydrogens (tertiary/aromatic N) is 5. The van der Waals surface area contributed by atoms with E-state index in [1.807, 2.05) is 0 Å². The van der Waals surface area contributed by atoms with Gasteiger partial charge in [0.1, 0.15) is 5.82 Å². The molecule has 0 saturated carbocycles. The Bertz CT molecular complexity index is 743. The molecule has 0 spiro atoms. The van der Waals surface area contributed by atoms with Gasteiger partial charge < -0.3 is 5.32 Å². The Morgan fingerprint density at radius 1 is 1.05 bits per heavy atom. The van der Waals surface area contributed by atoms with E-state index in [1.54, 1.807) is 36.7 Å². The lowest BCUT2D eigenvalue weighted by Crippen LogP contribution is -2.15. The molecule has 3 rings (SSSR count). The Labute approximate surface area is 118 Å². The third-order valence-corrected chi connectivity index (χ3v) is 2.58. The highest BCUT2D eigenvalue weighted by molar-refractivity contribution is 5.55. The zero-order chi connectivity index (χ0) is 14.7. The molecule has 0 aliphatic heterocycles. The summed E-state index contributed by atoms with van der Waals surface area (Å²) in [5.41, 5.74) is 2.58. The summed E-state index contributed by atoms with van der Waals surface area (Å²) in [6.45, 7) is 0. The van der Waals surface area contributed by atoms with Gasteiger partial charge in [-0.3, -0.25) is 5.43 Å². The van der Waals surface area contributed by atoms with Crippen LogP contribution < -0.4 is 16.6 Å². The van der Waals surface area contributed by atoms with Crippen molar-refractivity contribution in [3.63, 3.8) is 0 Å². The number of para-hydroxylation sites is 1. The third-order valence-electron chi connectivity index (χ3n) is 2.58. The minimum Gasteiger partial charge on any atom is -0.321 e. The van der Waals surface area contributed by atoms with Gasteiger partial charge in [-0.25, -0.2) is 14.9 Å². The quantitative estimate of drug-likeness (QED) is 0.489. The van der Waals surface area contributed by atoms with Crippen LogP contribution in [0.1, 0.15) is 0 Å². The predicted octanol–water partition coefficient (Wildman–Crippen LogP) is 1.23. The lowest BCUT2D eigenvalue weighted by atomic mass is 10.3. The fraction of sp³-hybridized carbons (Fsp3) is 0. The van der Waals surface area contributed by atoms with Gasteiger partial charge >= 0.3 is 0 Å². The van der Waals surface area contributed by atoms with Gasteiger partial charge in [-0.15, -0.1) is 0 Å². The number of hydrogen-bond donors (Lipinski definition) is 3. The second kappa shape index (κ2) is 5.51. The molecule has 4 N–H and O–H groups in total. The molecule has 0 radical (unpaired) electrons. The topological polar surface area (TPSA) is 107 Å². The van der Waals surface area contributed by atoms with Gasteiger partial charge in [0.15, 0.2) is 0 Å². The van der Waals surface area contributed by atoms with Crippen molar-refractivity contribution in [2.24, 2.45) is 5.84 Å². The molecule has 21 heavy (non-hydrogen) atoms. The van der Waals surface area contributed by atoms with E-state index in [2.05, 4.69) is 30.8 Å². The number of rotatable bonds is 4. The Morgan fingerprint density at radius 3 is 2.57 bits per heavy atom. The highest BCUT2D eigenvalue weighted by atomic mass is 19.1. The van der Waals surface area contributed by atoms with Crippen LogP contribution in [0.4, 0.5) is 22.0 Å². The van der Waals surface area contributed by atoms with Gasteiger partial charge in [0.25, 0.3) is 5.95 Å². The molecule has 8 nitrogen and oxygen atoms in total. The maximum atomic E-state index is 13.6. The van der Waals surface area contributed by atoms with Gasteiger partial charge in [-0.1, -0.05) is 12.1 Å². The molecule has 0 saturated heterocycles. The van der Waals surface area contributed by atoms with E-state index in [4.69, 9.17) is 5.84 Å². The van der Waals surface area contributed by atoms with Crippen LogP contribution in [0, 0.1) is 5.82 Å². The first-order valence-corrected chi connectivity index (χ1v) is 6.00. The van der Waals surface area contributed by atoms with Crippen molar-refractivity contribution in [3.8, 4) is 5.95 Å². The van der Waals surface area contributed by atoms with Crippen LogP contribution in [0.15, 0.2) is 42.7 Å². The van der Waals surface area contributed by atoms with Crippen molar-refractivity contribution in [1.29, 1.82) is 0 Å². The van der Waals surface area contributed by atoms with Crippen LogP contribution in [0.25, 0.3) is 5.95 Å². The van der Waals surface area contributed by atoms with Crippen LogP contribution in [-0.4, -0.2) is 24.7 Å².